The summed E-state index contributed by atoms with van der Waals surface area (Å²) in [6.07, 6.45) is 5.35. The van der Waals surface area contributed by atoms with Crippen LogP contribution in [0.3, 0.4) is 0 Å². The summed E-state index contributed by atoms with van der Waals surface area (Å²) in [7, 11) is -3.36. The SMILES string of the molecule is CC(C)CCCCCOP(=O)(O)CCC(C)(C)C. The van der Waals surface area contributed by atoms with Gasteiger partial charge < -0.3 is 9.42 Å². The van der Waals surface area contributed by atoms with Crippen LogP contribution in [0.25, 0.3) is 0 Å². The molecule has 0 heterocycles. The third-order valence-electron chi connectivity index (χ3n) is 2.86. The highest BCUT2D eigenvalue weighted by Crippen LogP contribution is 2.44. The summed E-state index contributed by atoms with van der Waals surface area (Å²) in [5.41, 5.74) is 0.0824. The molecule has 0 aromatic heterocycles. The minimum Gasteiger partial charge on any atom is -0.324 e. The first-order valence-electron chi connectivity index (χ1n) is 7.09. The first-order chi connectivity index (χ1) is 8.12. The first-order valence-corrected chi connectivity index (χ1v) is 8.85. The molecule has 0 fully saturated rings. The van der Waals surface area contributed by atoms with Gasteiger partial charge in [0.1, 0.15) is 0 Å². The van der Waals surface area contributed by atoms with Crippen LogP contribution in [0.15, 0.2) is 0 Å². The number of unbranched alkanes of at least 4 members (excludes halogenated alkanes) is 2. The smallest absolute Gasteiger partial charge is 0.324 e. The van der Waals surface area contributed by atoms with Gasteiger partial charge >= 0.3 is 7.60 Å². The summed E-state index contributed by atoms with van der Waals surface area (Å²) in [6, 6.07) is 0. The third kappa shape index (κ3) is 12.6. The molecule has 4 heteroatoms. The maximum absolute atomic E-state index is 11.7. The van der Waals surface area contributed by atoms with Crippen molar-refractivity contribution >= 4 is 7.60 Å². The van der Waals surface area contributed by atoms with Gasteiger partial charge in [0.05, 0.1) is 12.8 Å². The van der Waals surface area contributed by atoms with E-state index in [4.69, 9.17) is 4.52 Å². The quantitative estimate of drug-likeness (QED) is 0.485. The number of hydrogen-bond acceptors (Lipinski definition) is 2. The van der Waals surface area contributed by atoms with Crippen LogP contribution in [0.5, 0.6) is 0 Å². The summed E-state index contributed by atoms with van der Waals surface area (Å²) >= 11 is 0. The molecule has 0 rings (SSSR count). The standard InChI is InChI=1S/C14H31O3P/c1-13(2)9-7-6-8-11-17-18(15,16)12-10-14(3,4)5/h13H,6-12H2,1-5H3,(H,15,16). The van der Waals surface area contributed by atoms with E-state index in [1.807, 2.05) is 0 Å². The number of rotatable bonds is 9. The lowest BCUT2D eigenvalue weighted by molar-refractivity contribution is 0.246. The van der Waals surface area contributed by atoms with E-state index in [9.17, 15) is 9.46 Å². The molecule has 0 aliphatic rings. The molecule has 3 nitrogen and oxygen atoms in total. The molecule has 1 unspecified atom stereocenters. The van der Waals surface area contributed by atoms with Crippen molar-refractivity contribution in [2.24, 2.45) is 11.3 Å². The Bertz CT molecular complexity index is 256. The van der Waals surface area contributed by atoms with Crippen LogP contribution in [-0.4, -0.2) is 17.7 Å². The largest absolute Gasteiger partial charge is 0.328 e. The summed E-state index contributed by atoms with van der Waals surface area (Å²) in [4.78, 5) is 9.66. The zero-order chi connectivity index (χ0) is 14.2. The second kappa shape index (κ2) is 8.35. The molecule has 0 aromatic rings. The van der Waals surface area contributed by atoms with Crippen molar-refractivity contribution in [2.75, 3.05) is 12.8 Å². The summed E-state index contributed by atoms with van der Waals surface area (Å²) in [5.74, 6) is 0.738. The highest BCUT2D eigenvalue weighted by Gasteiger charge is 2.22. The Balaban J connectivity index is 3.62. The molecule has 0 bridgehead atoms. The Morgan fingerprint density at radius 3 is 2.28 bits per heavy atom. The molecule has 0 aliphatic heterocycles. The van der Waals surface area contributed by atoms with E-state index in [0.29, 0.717) is 13.0 Å². The molecule has 0 amide bonds. The Morgan fingerprint density at radius 1 is 1.17 bits per heavy atom. The molecule has 0 radical (unpaired) electrons. The van der Waals surface area contributed by atoms with Crippen LogP contribution in [0, 0.1) is 11.3 Å². The first kappa shape index (κ1) is 18.1. The predicted octanol–water partition coefficient (Wildman–Crippen LogP) is 4.84. The minimum absolute atomic E-state index is 0.0824. The highest BCUT2D eigenvalue weighted by molar-refractivity contribution is 7.52. The molecule has 18 heavy (non-hydrogen) atoms. The van der Waals surface area contributed by atoms with Crippen LogP contribution in [-0.2, 0) is 9.09 Å². The highest BCUT2D eigenvalue weighted by atomic mass is 31.2. The monoisotopic (exact) mass is 278 g/mol. The van der Waals surface area contributed by atoms with Gasteiger partial charge in [-0.3, -0.25) is 4.57 Å². The van der Waals surface area contributed by atoms with Crippen LogP contribution in [0.4, 0.5) is 0 Å². The van der Waals surface area contributed by atoms with E-state index >= 15 is 0 Å². The van der Waals surface area contributed by atoms with Crippen molar-refractivity contribution < 1.29 is 14.0 Å². The third-order valence-corrected chi connectivity index (χ3v) is 4.24. The van der Waals surface area contributed by atoms with Crippen molar-refractivity contribution in [1.29, 1.82) is 0 Å². The van der Waals surface area contributed by atoms with Crippen LogP contribution in [0.1, 0.15) is 66.7 Å². The molecule has 0 aromatic carbocycles. The zero-order valence-corrected chi connectivity index (χ0v) is 13.6. The maximum Gasteiger partial charge on any atom is 0.328 e. The lowest BCUT2D eigenvalue weighted by Gasteiger charge is -2.20. The molecule has 0 saturated heterocycles. The fraction of sp³-hybridized carbons (Fsp3) is 1.00. The van der Waals surface area contributed by atoms with Gasteiger partial charge in [-0.15, -0.1) is 0 Å². The van der Waals surface area contributed by atoms with Crippen LogP contribution in [0.2, 0.25) is 0 Å². The molecule has 0 spiro atoms. The van der Waals surface area contributed by atoms with Crippen molar-refractivity contribution in [3.05, 3.63) is 0 Å². The van der Waals surface area contributed by atoms with Gasteiger partial charge in [0.25, 0.3) is 0 Å². The predicted molar refractivity (Wildman–Crippen MR) is 78.0 cm³/mol. The van der Waals surface area contributed by atoms with Gasteiger partial charge in [0, 0.05) is 0 Å². The van der Waals surface area contributed by atoms with Crippen molar-refractivity contribution in [2.45, 2.75) is 66.7 Å². The Labute approximate surface area is 113 Å². The maximum atomic E-state index is 11.7. The van der Waals surface area contributed by atoms with E-state index < -0.39 is 7.60 Å². The fourth-order valence-electron chi connectivity index (χ4n) is 1.58. The zero-order valence-electron chi connectivity index (χ0n) is 12.7. The Kier molecular flexibility index (Phi) is 8.42. The van der Waals surface area contributed by atoms with Gasteiger partial charge in [0.2, 0.25) is 0 Å². The summed E-state index contributed by atoms with van der Waals surface area (Å²) in [6.45, 7) is 11.0. The Hall–Kier alpha value is 0.150. The van der Waals surface area contributed by atoms with E-state index in [-0.39, 0.29) is 11.6 Å². The molecule has 0 saturated carbocycles. The van der Waals surface area contributed by atoms with Crippen LogP contribution < -0.4 is 0 Å². The molecule has 0 aliphatic carbocycles. The van der Waals surface area contributed by atoms with Crippen molar-refractivity contribution in [1.82, 2.24) is 0 Å². The van der Waals surface area contributed by atoms with E-state index in [1.54, 1.807) is 0 Å². The number of hydrogen-bond donors (Lipinski definition) is 1. The van der Waals surface area contributed by atoms with Gasteiger partial charge in [-0.2, -0.15) is 0 Å². The van der Waals surface area contributed by atoms with Gasteiger partial charge in [0.15, 0.2) is 0 Å². The van der Waals surface area contributed by atoms with Gasteiger partial charge in [-0.25, -0.2) is 0 Å². The van der Waals surface area contributed by atoms with Crippen molar-refractivity contribution in [3.63, 3.8) is 0 Å². The Morgan fingerprint density at radius 2 is 1.78 bits per heavy atom. The normalized spacial score (nSPS) is 15.9. The average Bonchev–Trinajstić information content (AvgIpc) is 2.19. The summed E-state index contributed by atoms with van der Waals surface area (Å²) < 4.78 is 16.9. The minimum atomic E-state index is -3.36. The van der Waals surface area contributed by atoms with E-state index in [1.165, 1.54) is 12.8 Å². The van der Waals surface area contributed by atoms with Gasteiger partial charge in [-0.1, -0.05) is 53.9 Å². The van der Waals surface area contributed by atoms with Crippen LogP contribution >= 0.6 is 7.60 Å². The fourth-order valence-corrected chi connectivity index (χ4v) is 3.08. The van der Waals surface area contributed by atoms with E-state index in [0.717, 1.165) is 18.8 Å². The van der Waals surface area contributed by atoms with Gasteiger partial charge in [-0.05, 0) is 24.2 Å². The molecule has 1 N–H and O–H groups in total. The second-order valence-corrected chi connectivity index (χ2v) is 8.73. The lowest BCUT2D eigenvalue weighted by Crippen LogP contribution is -2.09. The molecular weight excluding hydrogens is 247 g/mol. The molecule has 110 valence electrons. The lowest BCUT2D eigenvalue weighted by atomic mass is 9.94. The average molecular weight is 278 g/mol. The van der Waals surface area contributed by atoms with E-state index in [2.05, 4.69) is 34.6 Å². The molecule has 1 atom stereocenters. The van der Waals surface area contributed by atoms with Crippen molar-refractivity contribution in [3.8, 4) is 0 Å². The molecular formula is C14H31O3P. The second-order valence-electron chi connectivity index (χ2n) is 6.75. The topological polar surface area (TPSA) is 46.5 Å². The summed E-state index contributed by atoms with van der Waals surface area (Å²) in [5, 5.41) is 0.